The molecule has 2 heterocycles. The molecule has 3 N–H and O–H groups in total. The molecule has 1 atom stereocenters. The third-order valence-corrected chi connectivity index (χ3v) is 4.60. The van der Waals surface area contributed by atoms with Crippen LogP contribution in [-0.4, -0.2) is 41.9 Å². The minimum absolute atomic E-state index is 0.258. The van der Waals surface area contributed by atoms with E-state index in [9.17, 15) is 9.90 Å². The van der Waals surface area contributed by atoms with Crippen LogP contribution in [0.15, 0.2) is 42.7 Å². The van der Waals surface area contributed by atoms with Gasteiger partial charge in [-0.2, -0.15) is 0 Å². The summed E-state index contributed by atoms with van der Waals surface area (Å²) < 4.78 is 0. The zero-order chi connectivity index (χ0) is 17.8. The Kier molecular flexibility index (Phi) is 5.09. The van der Waals surface area contributed by atoms with E-state index in [1.165, 1.54) is 0 Å². The lowest BCUT2D eigenvalue weighted by Crippen LogP contribution is -2.26. The lowest BCUT2D eigenvalue weighted by Gasteiger charge is -2.22. The molecule has 1 aliphatic rings. The van der Waals surface area contributed by atoms with E-state index in [0.29, 0.717) is 11.3 Å². The van der Waals surface area contributed by atoms with Gasteiger partial charge in [-0.1, -0.05) is 6.07 Å². The average molecular weight is 338 g/mol. The van der Waals surface area contributed by atoms with Gasteiger partial charge in [0, 0.05) is 25.5 Å². The number of carbonyl (C=O) groups is 1. The second-order valence-corrected chi connectivity index (χ2v) is 6.15. The summed E-state index contributed by atoms with van der Waals surface area (Å²) in [4.78, 5) is 17.9. The van der Waals surface area contributed by atoms with Gasteiger partial charge in [-0.05, 0) is 55.3 Å². The van der Waals surface area contributed by atoms with Crippen LogP contribution in [0.4, 0.5) is 5.69 Å². The van der Waals surface area contributed by atoms with Gasteiger partial charge in [-0.25, -0.2) is 4.79 Å². The van der Waals surface area contributed by atoms with Crippen LogP contribution in [0.5, 0.6) is 0 Å². The molecular formula is C19H22N4O2. The molecule has 3 rings (SSSR count). The quantitative estimate of drug-likeness (QED) is 0.705. The number of aromatic nitrogens is 1. The van der Waals surface area contributed by atoms with Gasteiger partial charge in [0.1, 0.15) is 0 Å². The third-order valence-electron chi connectivity index (χ3n) is 4.60. The number of nitrogens with zero attached hydrogens (tertiary/aromatic N) is 2. The summed E-state index contributed by atoms with van der Waals surface area (Å²) in [6.45, 7) is 1.76. The molecule has 1 unspecified atom stereocenters. The molecular weight excluding hydrogens is 316 g/mol. The van der Waals surface area contributed by atoms with Gasteiger partial charge >= 0.3 is 5.97 Å². The number of hydrogen-bond acceptors (Lipinski definition) is 5. The van der Waals surface area contributed by atoms with E-state index in [2.05, 4.69) is 15.2 Å². The standard InChI is InChI=1S/C19H22N4O2/c1-21-18(13-6-8-22-9-7-13)17(20)14-4-5-16(15(12-14)19(24)25)23-10-2-3-11-23/h4-9,12,18,20-21H,2-3,10-11H2,1H3,(H,24,25). The Hall–Kier alpha value is -2.73. The zero-order valence-corrected chi connectivity index (χ0v) is 14.2. The molecule has 1 aromatic heterocycles. The smallest absolute Gasteiger partial charge is 0.337 e. The summed E-state index contributed by atoms with van der Waals surface area (Å²) in [6.07, 6.45) is 5.54. The second-order valence-electron chi connectivity index (χ2n) is 6.15. The van der Waals surface area contributed by atoms with Crippen molar-refractivity contribution in [2.24, 2.45) is 0 Å². The van der Waals surface area contributed by atoms with Crippen LogP contribution in [-0.2, 0) is 0 Å². The molecule has 0 saturated carbocycles. The Morgan fingerprint density at radius 1 is 1.24 bits per heavy atom. The Balaban J connectivity index is 1.95. The van der Waals surface area contributed by atoms with Gasteiger partial charge in [0.05, 0.1) is 23.0 Å². The minimum Gasteiger partial charge on any atom is -0.478 e. The molecule has 0 amide bonds. The maximum Gasteiger partial charge on any atom is 0.337 e. The van der Waals surface area contributed by atoms with Crippen molar-refractivity contribution in [3.8, 4) is 0 Å². The monoisotopic (exact) mass is 338 g/mol. The number of pyridine rings is 1. The predicted octanol–water partition coefficient (Wildman–Crippen LogP) is 2.71. The molecule has 0 bridgehead atoms. The van der Waals surface area contributed by atoms with Gasteiger partial charge in [-0.3, -0.25) is 4.98 Å². The second kappa shape index (κ2) is 7.44. The third kappa shape index (κ3) is 3.53. The van der Waals surface area contributed by atoms with Crippen molar-refractivity contribution in [2.45, 2.75) is 18.9 Å². The molecule has 1 saturated heterocycles. The predicted molar refractivity (Wildman–Crippen MR) is 97.7 cm³/mol. The summed E-state index contributed by atoms with van der Waals surface area (Å²) in [5.41, 5.74) is 2.86. The summed E-state index contributed by atoms with van der Waals surface area (Å²) >= 11 is 0. The summed E-state index contributed by atoms with van der Waals surface area (Å²) in [7, 11) is 1.79. The van der Waals surface area contributed by atoms with Crippen LogP contribution >= 0.6 is 0 Å². The Morgan fingerprint density at radius 3 is 2.52 bits per heavy atom. The molecule has 0 radical (unpaired) electrons. The number of likely N-dealkylation sites (N-methyl/N-ethyl adjacent to an activating group) is 1. The zero-order valence-electron chi connectivity index (χ0n) is 14.2. The highest BCUT2D eigenvalue weighted by Gasteiger charge is 2.22. The molecule has 1 fully saturated rings. The van der Waals surface area contributed by atoms with Crippen LogP contribution in [0, 0.1) is 5.41 Å². The first-order chi connectivity index (χ1) is 12.1. The van der Waals surface area contributed by atoms with Crippen molar-refractivity contribution in [1.29, 1.82) is 5.41 Å². The van der Waals surface area contributed by atoms with Gasteiger partial charge in [0.15, 0.2) is 0 Å². The lowest BCUT2D eigenvalue weighted by molar-refractivity contribution is 0.0697. The molecule has 2 aromatic rings. The van der Waals surface area contributed by atoms with Crippen molar-refractivity contribution in [1.82, 2.24) is 10.3 Å². The van der Waals surface area contributed by atoms with Gasteiger partial charge in [0.2, 0.25) is 0 Å². The van der Waals surface area contributed by atoms with Crippen LogP contribution in [0.25, 0.3) is 0 Å². The highest BCUT2D eigenvalue weighted by molar-refractivity contribution is 6.05. The number of benzene rings is 1. The Labute approximate surface area is 147 Å². The van der Waals surface area contributed by atoms with E-state index in [-0.39, 0.29) is 11.6 Å². The van der Waals surface area contributed by atoms with Crippen LogP contribution in [0.3, 0.4) is 0 Å². The Morgan fingerprint density at radius 2 is 1.92 bits per heavy atom. The first-order valence-electron chi connectivity index (χ1n) is 8.40. The number of anilines is 1. The number of rotatable bonds is 6. The number of hydrogen-bond donors (Lipinski definition) is 3. The number of aromatic carboxylic acids is 1. The number of carboxylic acids is 1. The van der Waals surface area contributed by atoms with E-state index in [4.69, 9.17) is 5.41 Å². The maximum absolute atomic E-state index is 11.7. The largest absolute Gasteiger partial charge is 0.478 e. The average Bonchev–Trinajstić information content (AvgIpc) is 3.17. The summed E-state index contributed by atoms with van der Waals surface area (Å²) in [5.74, 6) is -0.957. The first-order valence-corrected chi connectivity index (χ1v) is 8.40. The molecule has 6 nitrogen and oxygen atoms in total. The van der Waals surface area contributed by atoms with Crippen LogP contribution in [0.1, 0.15) is 40.4 Å². The van der Waals surface area contributed by atoms with Crippen molar-refractivity contribution in [2.75, 3.05) is 25.0 Å². The van der Waals surface area contributed by atoms with Crippen molar-refractivity contribution in [3.63, 3.8) is 0 Å². The molecule has 0 spiro atoms. The van der Waals surface area contributed by atoms with Gasteiger partial charge < -0.3 is 20.7 Å². The molecule has 0 aliphatic carbocycles. The first kappa shape index (κ1) is 17.1. The van der Waals surface area contributed by atoms with Crippen LogP contribution < -0.4 is 10.2 Å². The van der Waals surface area contributed by atoms with Crippen molar-refractivity contribution >= 4 is 17.4 Å². The van der Waals surface area contributed by atoms with Gasteiger partial charge in [-0.15, -0.1) is 0 Å². The summed E-state index contributed by atoms with van der Waals surface area (Å²) in [6, 6.07) is 8.68. The minimum atomic E-state index is -0.957. The topological polar surface area (TPSA) is 89.3 Å². The summed E-state index contributed by atoms with van der Waals surface area (Å²) in [5, 5.41) is 21.3. The molecule has 130 valence electrons. The number of carboxylic acid groups (broad SMARTS) is 1. The van der Waals surface area contributed by atoms with Gasteiger partial charge in [0.25, 0.3) is 0 Å². The number of nitrogens with one attached hydrogen (secondary N) is 2. The van der Waals surface area contributed by atoms with Crippen molar-refractivity contribution < 1.29 is 9.90 Å². The van der Waals surface area contributed by atoms with E-state index < -0.39 is 5.97 Å². The SMILES string of the molecule is CNC(C(=N)c1ccc(N2CCCC2)c(C(=O)O)c1)c1ccncc1. The molecule has 1 aliphatic heterocycles. The fourth-order valence-electron chi connectivity index (χ4n) is 3.31. The Bertz CT molecular complexity index is 770. The lowest BCUT2D eigenvalue weighted by atomic mass is 9.95. The van der Waals surface area contributed by atoms with E-state index >= 15 is 0 Å². The highest BCUT2D eigenvalue weighted by atomic mass is 16.4. The van der Waals surface area contributed by atoms with E-state index in [1.807, 2.05) is 24.3 Å². The molecule has 25 heavy (non-hydrogen) atoms. The van der Waals surface area contributed by atoms with E-state index in [1.54, 1.807) is 25.5 Å². The maximum atomic E-state index is 11.7. The van der Waals surface area contributed by atoms with E-state index in [0.717, 1.165) is 37.2 Å². The fraction of sp³-hybridized carbons (Fsp3) is 0.316. The normalized spacial score (nSPS) is 15.2. The van der Waals surface area contributed by atoms with Crippen molar-refractivity contribution in [3.05, 3.63) is 59.4 Å². The highest BCUT2D eigenvalue weighted by Crippen LogP contribution is 2.27. The molecule has 1 aromatic carbocycles. The van der Waals surface area contributed by atoms with Crippen LogP contribution in [0.2, 0.25) is 0 Å². The fourth-order valence-corrected chi connectivity index (χ4v) is 3.31. The molecule has 6 heteroatoms.